The maximum atomic E-state index is 5.49. The molecule has 0 aromatic carbocycles. The van der Waals surface area contributed by atoms with Crippen molar-refractivity contribution in [2.24, 2.45) is 11.7 Å². The molecule has 0 spiro atoms. The van der Waals surface area contributed by atoms with Crippen LogP contribution in [0, 0.1) is 5.92 Å². The van der Waals surface area contributed by atoms with Crippen LogP contribution in [0.3, 0.4) is 0 Å². The Balaban J connectivity index is 2.14. The number of piperidine rings is 1. The first kappa shape index (κ1) is 9.01. The molecule has 1 saturated heterocycles. The molecule has 0 aliphatic carbocycles. The second kappa shape index (κ2) is 4.73. The number of nitrogens with two attached hydrogens (primary N) is 1. The van der Waals surface area contributed by atoms with Gasteiger partial charge in [0.2, 0.25) is 0 Å². The summed E-state index contributed by atoms with van der Waals surface area (Å²) in [6.45, 7) is 4.31. The van der Waals surface area contributed by atoms with Gasteiger partial charge in [0.25, 0.3) is 0 Å². The molecule has 0 amide bonds. The summed E-state index contributed by atoms with van der Waals surface area (Å²) in [5, 5.41) is 3.54. The molecule has 2 heteroatoms. The van der Waals surface area contributed by atoms with Crippen LogP contribution in [0.2, 0.25) is 0 Å². The Morgan fingerprint density at radius 1 is 1.45 bits per heavy atom. The number of hydrogen-bond donors (Lipinski definition) is 2. The highest BCUT2D eigenvalue weighted by molar-refractivity contribution is 4.77. The van der Waals surface area contributed by atoms with Crippen LogP contribution in [0.1, 0.15) is 32.6 Å². The van der Waals surface area contributed by atoms with Crippen LogP contribution in [-0.4, -0.2) is 19.1 Å². The van der Waals surface area contributed by atoms with E-state index in [0.717, 1.165) is 18.9 Å². The van der Waals surface area contributed by atoms with Gasteiger partial charge in [-0.25, -0.2) is 0 Å². The fourth-order valence-electron chi connectivity index (χ4n) is 1.77. The fraction of sp³-hybridized carbons (Fsp3) is 1.00. The van der Waals surface area contributed by atoms with Gasteiger partial charge in [-0.2, -0.15) is 0 Å². The Hall–Kier alpha value is -0.0800. The summed E-state index contributed by atoms with van der Waals surface area (Å²) in [6, 6.07) is 0.711. The van der Waals surface area contributed by atoms with Crippen LogP contribution in [0.15, 0.2) is 0 Å². The lowest BCUT2D eigenvalue weighted by Gasteiger charge is -2.28. The normalized spacial score (nSPS) is 32.2. The molecule has 2 nitrogen and oxygen atoms in total. The van der Waals surface area contributed by atoms with E-state index in [2.05, 4.69) is 12.2 Å². The van der Waals surface area contributed by atoms with Gasteiger partial charge in [-0.1, -0.05) is 13.3 Å². The van der Waals surface area contributed by atoms with Crippen molar-refractivity contribution in [1.82, 2.24) is 5.32 Å². The molecule has 0 bridgehead atoms. The van der Waals surface area contributed by atoms with Crippen molar-refractivity contribution >= 4 is 0 Å². The van der Waals surface area contributed by atoms with Crippen molar-refractivity contribution in [2.45, 2.75) is 38.6 Å². The van der Waals surface area contributed by atoms with Crippen molar-refractivity contribution in [3.05, 3.63) is 0 Å². The molecule has 1 aliphatic rings. The molecule has 0 radical (unpaired) electrons. The predicted octanol–water partition coefficient (Wildman–Crippen LogP) is 1.11. The van der Waals surface area contributed by atoms with E-state index in [9.17, 15) is 0 Å². The standard InChI is InChI=1S/C9H20N2/c1-2-8-3-4-9(5-6-10)11-7-8/h8-9,11H,2-7,10H2,1H3/t8-,9-/m1/s1. The molecule has 66 valence electrons. The molecule has 2 atom stereocenters. The summed E-state index contributed by atoms with van der Waals surface area (Å²) < 4.78 is 0. The Labute approximate surface area is 69.5 Å². The third-order valence-corrected chi connectivity index (χ3v) is 2.71. The smallest absolute Gasteiger partial charge is 0.00792 e. The van der Waals surface area contributed by atoms with E-state index >= 15 is 0 Å². The number of rotatable bonds is 3. The second-order valence-corrected chi connectivity index (χ2v) is 3.53. The summed E-state index contributed by atoms with van der Waals surface area (Å²) in [5.41, 5.74) is 5.49. The zero-order valence-electron chi connectivity index (χ0n) is 7.47. The zero-order chi connectivity index (χ0) is 8.10. The third kappa shape index (κ3) is 2.80. The van der Waals surface area contributed by atoms with Gasteiger partial charge >= 0.3 is 0 Å². The van der Waals surface area contributed by atoms with Crippen molar-refractivity contribution in [3.8, 4) is 0 Å². The van der Waals surface area contributed by atoms with E-state index in [-0.39, 0.29) is 0 Å². The Bertz CT molecular complexity index is 95.7. The highest BCUT2D eigenvalue weighted by Crippen LogP contribution is 2.17. The van der Waals surface area contributed by atoms with Crippen LogP contribution in [-0.2, 0) is 0 Å². The molecular formula is C9H20N2. The van der Waals surface area contributed by atoms with Crippen LogP contribution in [0.4, 0.5) is 0 Å². The average molecular weight is 156 g/mol. The monoisotopic (exact) mass is 156 g/mol. The SMILES string of the molecule is CC[C@@H]1CC[C@H](CCN)NC1. The predicted molar refractivity (Wildman–Crippen MR) is 48.5 cm³/mol. The van der Waals surface area contributed by atoms with Crippen LogP contribution in [0.5, 0.6) is 0 Å². The summed E-state index contributed by atoms with van der Waals surface area (Å²) >= 11 is 0. The van der Waals surface area contributed by atoms with Gasteiger partial charge in [0.05, 0.1) is 0 Å². The lowest BCUT2D eigenvalue weighted by molar-refractivity contribution is 0.296. The summed E-state index contributed by atoms with van der Waals surface area (Å²) in [5.74, 6) is 0.920. The van der Waals surface area contributed by atoms with Crippen molar-refractivity contribution in [3.63, 3.8) is 0 Å². The lowest BCUT2D eigenvalue weighted by atomic mass is 9.91. The molecule has 1 heterocycles. The summed E-state index contributed by atoms with van der Waals surface area (Å²) in [7, 11) is 0. The molecule has 0 saturated carbocycles. The maximum Gasteiger partial charge on any atom is 0.00792 e. The zero-order valence-corrected chi connectivity index (χ0v) is 7.47. The first-order valence-electron chi connectivity index (χ1n) is 4.80. The van der Waals surface area contributed by atoms with Crippen molar-refractivity contribution in [1.29, 1.82) is 0 Å². The molecular weight excluding hydrogens is 136 g/mol. The van der Waals surface area contributed by atoms with Crippen LogP contribution >= 0.6 is 0 Å². The minimum atomic E-state index is 0.711. The maximum absolute atomic E-state index is 5.49. The minimum absolute atomic E-state index is 0.711. The van der Waals surface area contributed by atoms with Gasteiger partial charge in [0, 0.05) is 6.04 Å². The highest BCUT2D eigenvalue weighted by Gasteiger charge is 2.17. The molecule has 0 aromatic heterocycles. The quantitative estimate of drug-likeness (QED) is 0.642. The van der Waals surface area contributed by atoms with E-state index in [4.69, 9.17) is 5.73 Å². The molecule has 0 aromatic rings. The van der Waals surface area contributed by atoms with Gasteiger partial charge in [-0.05, 0) is 38.3 Å². The van der Waals surface area contributed by atoms with Crippen molar-refractivity contribution in [2.75, 3.05) is 13.1 Å². The van der Waals surface area contributed by atoms with E-state index in [1.54, 1.807) is 0 Å². The van der Waals surface area contributed by atoms with E-state index in [1.807, 2.05) is 0 Å². The number of nitrogens with one attached hydrogen (secondary N) is 1. The molecule has 1 fully saturated rings. The Morgan fingerprint density at radius 3 is 2.73 bits per heavy atom. The van der Waals surface area contributed by atoms with Gasteiger partial charge in [-0.3, -0.25) is 0 Å². The van der Waals surface area contributed by atoms with Crippen LogP contribution in [0.25, 0.3) is 0 Å². The third-order valence-electron chi connectivity index (χ3n) is 2.71. The van der Waals surface area contributed by atoms with Crippen molar-refractivity contribution < 1.29 is 0 Å². The molecule has 1 rings (SSSR count). The summed E-state index contributed by atoms with van der Waals surface area (Å²) in [6.07, 6.45) is 5.20. The van der Waals surface area contributed by atoms with Gasteiger partial charge in [0.1, 0.15) is 0 Å². The molecule has 1 aliphatic heterocycles. The minimum Gasteiger partial charge on any atom is -0.330 e. The second-order valence-electron chi connectivity index (χ2n) is 3.53. The van der Waals surface area contributed by atoms with Crippen LogP contribution < -0.4 is 11.1 Å². The van der Waals surface area contributed by atoms with E-state index in [0.29, 0.717) is 6.04 Å². The van der Waals surface area contributed by atoms with E-state index < -0.39 is 0 Å². The summed E-state index contributed by atoms with van der Waals surface area (Å²) in [4.78, 5) is 0. The number of hydrogen-bond acceptors (Lipinski definition) is 2. The van der Waals surface area contributed by atoms with Gasteiger partial charge in [0.15, 0.2) is 0 Å². The molecule has 11 heavy (non-hydrogen) atoms. The lowest BCUT2D eigenvalue weighted by Crippen LogP contribution is -2.39. The van der Waals surface area contributed by atoms with Gasteiger partial charge in [-0.15, -0.1) is 0 Å². The first-order chi connectivity index (χ1) is 5.36. The largest absolute Gasteiger partial charge is 0.330 e. The topological polar surface area (TPSA) is 38.0 Å². The molecule has 3 N–H and O–H groups in total. The first-order valence-corrected chi connectivity index (χ1v) is 4.80. The average Bonchev–Trinajstić information content (AvgIpc) is 2.07. The Kier molecular flexibility index (Phi) is 3.87. The van der Waals surface area contributed by atoms with Gasteiger partial charge < -0.3 is 11.1 Å². The Morgan fingerprint density at radius 2 is 2.27 bits per heavy atom. The van der Waals surface area contributed by atoms with E-state index in [1.165, 1.54) is 25.8 Å². The molecule has 0 unspecified atom stereocenters. The highest BCUT2D eigenvalue weighted by atomic mass is 14.9. The fourth-order valence-corrected chi connectivity index (χ4v) is 1.77.